The second-order valence-electron chi connectivity index (χ2n) is 1.93. The first-order valence-electron chi connectivity index (χ1n) is 3.28. The van der Waals surface area contributed by atoms with Gasteiger partial charge in [-0.15, -0.1) is 0 Å². The van der Waals surface area contributed by atoms with Crippen LogP contribution in [0.4, 0.5) is 0 Å². The van der Waals surface area contributed by atoms with E-state index in [4.69, 9.17) is 10.6 Å². The molecule has 0 aliphatic rings. The second-order valence-corrected chi connectivity index (χ2v) is 1.93. The molecule has 0 amide bonds. The molecule has 3 nitrogen and oxygen atoms in total. The van der Waals surface area contributed by atoms with Crippen LogP contribution in [-0.4, -0.2) is 12.9 Å². The van der Waals surface area contributed by atoms with Crippen molar-refractivity contribution in [2.45, 2.75) is 33.0 Å². The van der Waals surface area contributed by atoms with E-state index in [2.05, 4.69) is 11.8 Å². The molecule has 0 aromatic heterocycles. The molecule has 0 aromatic rings. The molecule has 0 rings (SSSR count). The highest BCUT2D eigenvalue weighted by atomic mass is 16.7. The lowest BCUT2D eigenvalue weighted by Crippen LogP contribution is -2.17. The first-order valence-corrected chi connectivity index (χ1v) is 3.28. The first kappa shape index (κ1) is 8.88. The molecule has 0 aliphatic heterocycles. The van der Waals surface area contributed by atoms with Gasteiger partial charge >= 0.3 is 0 Å². The third kappa shape index (κ3) is 5.76. The van der Waals surface area contributed by atoms with E-state index >= 15 is 0 Å². The molecule has 0 radical (unpaired) electrons. The normalized spacial score (nSPS) is 13.7. The quantitative estimate of drug-likeness (QED) is 0.346. The van der Waals surface area contributed by atoms with Crippen molar-refractivity contribution in [1.29, 1.82) is 0 Å². The summed E-state index contributed by atoms with van der Waals surface area (Å²) in [6.45, 7) is 4.61. The van der Waals surface area contributed by atoms with Crippen molar-refractivity contribution in [2.75, 3.05) is 6.61 Å². The van der Waals surface area contributed by atoms with Crippen LogP contribution in [-0.2, 0) is 9.57 Å². The molecule has 1 unspecified atom stereocenters. The summed E-state index contributed by atoms with van der Waals surface area (Å²) >= 11 is 0. The summed E-state index contributed by atoms with van der Waals surface area (Å²) in [5.41, 5.74) is 0. The molecular weight excluding hydrogens is 118 g/mol. The molecule has 9 heavy (non-hydrogen) atoms. The Morgan fingerprint density at radius 1 is 1.56 bits per heavy atom. The number of ether oxygens (including phenoxy) is 1. The maximum absolute atomic E-state index is 5.08. The third-order valence-corrected chi connectivity index (χ3v) is 1.04. The standard InChI is InChI=1S/C6H15NO2/c1-3-4-5-8-6(2)9-7/h6H,3-5,7H2,1-2H3. The summed E-state index contributed by atoms with van der Waals surface area (Å²) in [7, 11) is 0. The van der Waals surface area contributed by atoms with Gasteiger partial charge in [-0.25, -0.2) is 5.90 Å². The van der Waals surface area contributed by atoms with Gasteiger partial charge in [-0.1, -0.05) is 13.3 Å². The van der Waals surface area contributed by atoms with Crippen LogP contribution in [0.2, 0.25) is 0 Å². The van der Waals surface area contributed by atoms with Crippen LogP contribution < -0.4 is 5.90 Å². The number of unbranched alkanes of at least 4 members (excludes halogenated alkanes) is 1. The minimum Gasteiger partial charge on any atom is -0.351 e. The highest BCUT2D eigenvalue weighted by Crippen LogP contribution is 1.92. The van der Waals surface area contributed by atoms with Gasteiger partial charge in [0.05, 0.1) is 0 Å². The summed E-state index contributed by atoms with van der Waals surface area (Å²) in [5.74, 6) is 4.83. The van der Waals surface area contributed by atoms with Crippen molar-refractivity contribution in [1.82, 2.24) is 0 Å². The largest absolute Gasteiger partial charge is 0.351 e. The van der Waals surface area contributed by atoms with Crippen molar-refractivity contribution in [2.24, 2.45) is 5.90 Å². The maximum atomic E-state index is 5.08. The van der Waals surface area contributed by atoms with Gasteiger partial charge in [0.15, 0.2) is 6.29 Å². The van der Waals surface area contributed by atoms with Gasteiger partial charge in [-0.05, 0) is 13.3 Å². The predicted molar refractivity (Wildman–Crippen MR) is 35.6 cm³/mol. The van der Waals surface area contributed by atoms with Crippen LogP contribution in [0.3, 0.4) is 0 Å². The zero-order chi connectivity index (χ0) is 7.11. The lowest BCUT2D eigenvalue weighted by molar-refractivity contribution is -0.133. The fourth-order valence-corrected chi connectivity index (χ4v) is 0.433. The molecule has 0 spiro atoms. The van der Waals surface area contributed by atoms with Crippen molar-refractivity contribution < 1.29 is 9.57 Å². The Labute approximate surface area is 56.1 Å². The van der Waals surface area contributed by atoms with Crippen molar-refractivity contribution in [3.05, 3.63) is 0 Å². The van der Waals surface area contributed by atoms with E-state index in [1.807, 2.05) is 0 Å². The number of hydrogen-bond acceptors (Lipinski definition) is 3. The fourth-order valence-electron chi connectivity index (χ4n) is 0.433. The highest BCUT2D eigenvalue weighted by molar-refractivity contribution is 4.32. The van der Waals surface area contributed by atoms with Crippen LogP contribution in [0.25, 0.3) is 0 Å². The Bertz CT molecular complexity index is 59.0. The molecule has 1 atom stereocenters. The summed E-state index contributed by atoms with van der Waals surface area (Å²) in [5, 5.41) is 0. The minimum atomic E-state index is -0.267. The SMILES string of the molecule is CCCCOC(C)ON. The number of rotatable bonds is 5. The monoisotopic (exact) mass is 133 g/mol. The molecular formula is C6H15NO2. The van der Waals surface area contributed by atoms with Crippen LogP contribution >= 0.6 is 0 Å². The molecule has 0 heterocycles. The van der Waals surface area contributed by atoms with Crippen LogP contribution in [0, 0.1) is 0 Å². The van der Waals surface area contributed by atoms with Gasteiger partial charge in [0.2, 0.25) is 0 Å². The Hall–Kier alpha value is -0.120. The molecule has 0 saturated heterocycles. The van der Waals surface area contributed by atoms with E-state index in [1.165, 1.54) is 0 Å². The average molecular weight is 133 g/mol. The summed E-state index contributed by atoms with van der Waals surface area (Å²) in [4.78, 5) is 4.37. The number of hydrogen-bond donors (Lipinski definition) is 1. The smallest absolute Gasteiger partial charge is 0.174 e. The molecule has 0 bridgehead atoms. The summed E-state index contributed by atoms with van der Waals surface area (Å²) < 4.78 is 5.08. The second kappa shape index (κ2) is 6.01. The van der Waals surface area contributed by atoms with E-state index < -0.39 is 0 Å². The van der Waals surface area contributed by atoms with Gasteiger partial charge in [0, 0.05) is 6.61 Å². The van der Waals surface area contributed by atoms with Crippen LogP contribution in [0.1, 0.15) is 26.7 Å². The molecule has 0 saturated carbocycles. The Kier molecular flexibility index (Phi) is 5.93. The fraction of sp³-hybridized carbons (Fsp3) is 1.00. The van der Waals surface area contributed by atoms with Gasteiger partial charge in [0.25, 0.3) is 0 Å². The lowest BCUT2D eigenvalue weighted by atomic mass is 10.4. The molecule has 0 fully saturated rings. The Morgan fingerprint density at radius 3 is 2.67 bits per heavy atom. The predicted octanol–water partition coefficient (Wildman–Crippen LogP) is 1.04. The van der Waals surface area contributed by atoms with Gasteiger partial charge in [0.1, 0.15) is 0 Å². The topological polar surface area (TPSA) is 44.5 Å². The lowest BCUT2D eigenvalue weighted by Gasteiger charge is -2.08. The summed E-state index contributed by atoms with van der Waals surface area (Å²) in [6, 6.07) is 0. The van der Waals surface area contributed by atoms with E-state index in [0.29, 0.717) is 0 Å². The number of nitrogens with two attached hydrogens (primary N) is 1. The average Bonchev–Trinajstić information content (AvgIpc) is 1.89. The van der Waals surface area contributed by atoms with Crippen molar-refractivity contribution in [3.8, 4) is 0 Å². The van der Waals surface area contributed by atoms with Crippen molar-refractivity contribution in [3.63, 3.8) is 0 Å². The van der Waals surface area contributed by atoms with Gasteiger partial charge in [-0.3, -0.25) is 4.84 Å². The highest BCUT2D eigenvalue weighted by Gasteiger charge is 1.96. The maximum Gasteiger partial charge on any atom is 0.174 e. The molecule has 0 aliphatic carbocycles. The minimum absolute atomic E-state index is 0.267. The van der Waals surface area contributed by atoms with E-state index in [-0.39, 0.29) is 6.29 Å². The molecule has 2 N–H and O–H groups in total. The molecule has 56 valence electrons. The third-order valence-electron chi connectivity index (χ3n) is 1.04. The summed E-state index contributed by atoms with van der Waals surface area (Å²) in [6.07, 6.45) is 1.93. The molecule has 0 aromatic carbocycles. The van der Waals surface area contributed by atoms with E-state index in [9.17, 15) is 0 Å². The Morgan fingerprint density at radius 2 is 2.22 bits per heavy atom. The van der Waals surface area contributed by atoms with Gasteiger partial charge in [-0.2, -0.15) is 0 Å². The zero-order valence-electron chi connectivity index (χ0n) is 6.09. The van der Waals surface area contributed by atoms with E-state index in [0.717, 1.165) is 19.4 Å². The van der Waals surface area contributed by atoms with E-state index in [1.54, 1.807) is 6.92 Å². The van der Waals surface area contributed by atoms with Crippen LogP contribution in [0.5, 0.6) is 0 Å². The molecule has 3 heteroatoms. The zero-order valence-corrected chi connectivity index (χ0v) is 6.09. The first-order chi connectivity index (χ1) is 4.31. The Balaban J connectivity index is 2.88. The van der Waals surface area contributed by atoms with Crippen molar-refractivity contribution >= 4 is 0 Å². The van der Waals surface area contributed by atoms with Crippen LogP contribution in [0.15, 0.2) is 0 Å². The van der Waals surface area contributed by atoms with Gasteiger partial charge < -0.3 is 4.74 Å².